The van der Waals surface area contributed by atoms with Crippen molar-refractivity contribution in [1.29, 1.82) is 0 Å². The van der Waals surface area contributed by atoms with Gasteiger partial charge < -0.3 is 9.73 Å². The molecule has 0 aliphatic rings. The Balaban J connectivity index is 2.16. The molecule has 0 unspecified atom stereocenters. The highest BCUT2D eigenvalue weighted by Crippen LogP contribution is 2.20. The molecule has 0 bridgehead atoms. The van der Waals surface area contributed by atoms with Crippen LogP contribution in [-0.4, -0.2) is 20.6 Å². The minimum Gasteiger partial charge on any atom is -0.452 e. The first kappa shape index (κ1) is 14.4. The molecule has 2 rings (SSSR count). The molecule has 0 atom stereocenters. The lowest BCUT2D eigenvalue weighted by Crippen LogP contribution is -2.13. The summed E-state index contributed by atoms with van der Waals surface area (Å²) >= 11 is 5.70. The molecule has 1 amide bonds. The first-order chi connectivity index (χ1) is 9.35. The van der Waals surface area contributed by atoms with Crippen LogP contribution in [0, 0.1) is 0 Å². The summed E-state index contributed by atoms with van der Waals surface area (Å²) in [5.74, 6) is -0.444. The van der Waals surface area contributed by atoms with Crippen molar-refractivity contribution in [2.24, 2.45) is 0 Å². The Morgan fingerprint density at radius 3 is 2.55 bits per heavy atom. The molecule has 0 saturated carbocycles. The first-order valence-electron chi connectivity index (χ1n) is 5.47. The quantitative estimate of drug-likeness (QED) is 0.907. The number of furan rings is 1. The van der Waals surface area contributed by atoms with Crippen LogP contribution in [0.4, 0.5) is 11.4 Å². The minimum absolute atomic E-state index is 0.00656. The predicted octanol–water partition coefficient (Wildman–Crippen LogP) is 2.56. The van der Waals surface area contributed by atoms with E-state index in [1.807, 2.05) is 0 Å². The fourth-order valence-corrected chi connectivity index (χ4v) is 2.28. The van der Waals surface area contributed by atoms with E-state index in [4.69, 9.17) is 16.0 Å². The maximum Gasteiger partial charge on any atom is 0.260 e. The summed E-state index contributed by atoms with van der Waals surface area (Å²) in [4.78, 5) is 11.9. The number of amides is 1. The molecular formula is C12H11ClN2O4S. The Hall–Kier alpha value is -1.99. The molecule has 1 aromatic heterocycles. The third kappa shape index (κ3) is 3.75. The molecule has 0 spiro atoms. The normalized spacial score (nSPS) is 11.1. The number of nitrogens with one attached hydrogen (secondary N) is 2. The molecule has 0 aliphatic heterocycles. The van der Waals surface area contributed by atoms with Crippen molar-refractivity contribution in [3.05, 3.63) is 47.4 Å². The van der Waals surface area contributed by atoms with Gasteiger partial charge in [-0.1, -0.05) is 6.07 Å². The number of hydrogen-bond donors (Lipinski definition) is 2. The van der Waals surface area contributed by atoms with Crippen LogP contribution in [0.3, 0.4) is 0 Å². The van der Waals surface area contributed by atoms with Gasteiger partial charge in [0.25, 0.3) is 5.91 Å². The maximum absolute atomic E-state index is 11.9. The van der Waals surface area contributed by atoms with Gasteiger partial charge in [0, 0.05) is 5.69 Å². The number of anilines is 2. The smallest absolute Gasteiger partial charge is 0.260 e. The van der Waals surface area contributed by atoms with Crippen LogP contribution in [0.2, 0.25) is 5.22 Å². The number of rotatable bonds is 4. The SMILES string of the molecule is CS(=O)(=O)Nc1cccc(NC(=O)c2ccoc2Cl)c1. The van der Waals surface area contributed by atoms with E-state index in [0.717, 1.165) is 6.26 Å². The van der Waals surface area contributed by atoms with Crippen molar-refractivity contribution in [1.82, 2.24) is 0 Å². The third-order valence-corrected chi connectivity index (χ3v) is 3.19. The highest BCUT2D eigenvalue weighted by atomic mass is 35.5. The Kier molecular flexibility index (Phi) is 4.01. The molecule has 20 heavy (non-hydrogen) atoms. The van der Waals surface area contributed by atoms with E-state index in [-0.39, 0.29) is 10.8 Å². The number of carbonyl (C=O) groups is 1. The summed E-state index contributed by atoms with van der Waals surface area (Å²) in [6.45, 7) is 0. The lowest BCUT2D eigenvalue weighted by molar-refractivity contribution is 0.102. The zero-order chi connectivity index (χ0) is 14.8. The van der Waals surface area contributed by atoms with E-state index in [1.54, 1.807) is 18.2 Å². The second-order valence-electron chi connectivity index (χ2n) is 4.02. The van der Waals surface area contributed by atoms with Gasteiger partial charge >= 0.3 is 0 Å². The van der Waals surface area contributed by atoms with Gasteiger partial charge in [-0.25, -0.2) is 8.42 Å². The van der Waals surface area contributed by atoms with Crippen molar-refractivity contribution in [3.8, 4) is 0 Å². The zero-order valence-electron chi connectivity index (χ0n) is 10.4. The average Bonchev–Trinajstić information content (AvgIpc) is 2.73. The van der Waals surface area contributed by atoms with Gasteiger partial charge in [-0.15, -0.1) is 0 Å². The molecule has 8 heteroatoms. The van der Waals surface area contributed by atoms with Gasteiger partial charge in [0.05, 0.1) is 23.8 Å². The highest BCUT2D eigenvalue weighted by Gasteiger charge is 2.13. The predicted molar refractivity (Wildman–Crippen MR) is 76.6 cm³/mol. The number of hydrogen-bond acceptors (Lipinski definition) is 4. The average molecular weight is 315 g/mol. The molecule has 2 N–H and O–H groups in total. The van der Waals surface area contributed by atoms with Crippen molar-refractivity contribution >= 4 is 38.9 Å². The van der Waals surface area contributed by atoms with E-state index >= 15 is 0 Å². The van der Waals surface area contributed by atoms with E-state index in [0.29, 0.717) is 11.4 Å². The lowest BCUT2D eigenvalue weighted by Gasteiger charge is -2.07. The van der Waals surface area contributed by atoms with E-state index < -0.39 is 15.9 Å². The molecule has 0 saturated heterocycles. The largest absolute Gasteiger partial charge is 0.452 e. The number of sulfonamides is 1. The van der Waals surface area contributed by atoms with Gasteiger partial charge in [-0.05, 0) is 35.9 Å². The second-order valence-corrected chi connectivity index (χ2v) is 6.11. The van der Waals surface area contributed by atoms with Crippen LogP contribution < -0.4 is 10.0 Å². The van der Waals surface area contributed by atoms with Gasteiger partial charge in [-0.3, -0.25) is 9.52 Å². The van der Waals surface area contributed by atoms with Crippen LogP contribution in [0.15, 0.2) is 41.0 Å². The van der Waals surface area contributed by atoms with Crippen LogP contribution in [-0.2, 0) is 10.0 Å². The first-order valence-corrected chi connectivity index (χ1v) is 7.74. The fourth-order valence-electron chi connectivity index (χ4n) is 1.53. The van der Waals surface area contributed by atoms with Gasteiger partial charge in [0.1, 0.15) is 0 Å². The van der Waals surface area contributed by atoms with Gasteiger partial charge in [-0.2, -0.15) is 0 Å². The van der Waals surface area contributed by atoms with E-state index in [2.05, 4.69) is 10.0 Å². The topological polar surface area (TPSA) is 88.4 Å². The van der Waals surface area contributed by atoms with Crippen LogP contribution in [0.1, 0.15) is 10.4 Å². The molecule has 0 fully saturated rings. The summed E-state index contributed by atoms with van der Waals surface area (Å²) in [6, 6.07) is 7.74. The Morgan fingerprint density at radius 1 is 1.25 bits per heavy atom. The van der Waals surface area contributed by atoms with Crippen molar-refractivity contribution < 1.29 is 17.6 Å². The summed E-state index contributed by atoms with van der Waals surface area (Å²) in [5, 5.41) is 2.59. The third-order valence-electron chi connectivity index (χ3n) is 2.29. The Labute approximate surface area is 120 Å². The van der Waals surface area contributed by atoms with Gasteiger partial charge in [0.2, 0.25) is 15.2 Å². The summed E-state index contributed by atoms with van der Waals surface area (Å²) < 4.78 is 29.4. The van der Waals surface area contributed by atoms with E-state index in [1.165, 1.54) is 18.4 Å². The van der Waals surface area contributed by atoms with Crippen molar-refractivity contribution in [2.75, 3.05) is 16.3 Å². The number of carbonyl (C=O) groups excluding carboxylic acids is 1. The molecule has 1 aromatic carbocycles. The lowest BCUT2D eigenvalue weighted by atomic mass is 10.2. The Morgan fingerprint density at radius 2 is 1.95 bits per heavy atom. The number of halogens is 1. The molecule has 6 nitrogen and oxygen atoms in total. The van der Waals surface area contributed by atoms with Crippen LogP contribution in [0.5, 0.6) is 0 Å². The van der Waals surface area contributed by atoms with Crippen molar-refractivity contribution in [3.63, 3.8) is 0 Å². The molecule has 0 radical (unpaired) electrons. The summed E-state index contributed by atoms with van der Waals surface area (Å²) in [7, 11) is -3.37. The summed E-state index contributed by atoms with van der Waals surface area (Å²) in [5.41, 5.74) is 0.984. The zero-order valence-corrected chi connectivity index (χ0v) is 12.0. The van der Waals surface area contributed by atoms with Crippen LogP contribution in [0.25, 0.3) is 0 Å². The monoisotopic (exact) mass is 314 g/mol. The second kappa shape index (κ2) is 5.56. The summed E-state index contributed by atoms with van der Waals surface area (Å²) in [6.07, 6.45) is 2.35. The van der Waals surface area contributed by atoms with E-state index in [9.17, 15) is 13.2 Å². The number of benzene rings is 1. The fraction of sp³-hybridized carbons (Fsp3) is 0.0833. The molecular weight excluding hydrogens is 304 g/mol. The minimum atomic E-state index is -3.37. The van der Waals surface area contributed by atoms with Crippen molar-refractivity contribution in [2.45, 2.75) is 0 Å². The highest BCUT2D eigenvalue weighted by molar-refractivity contribution is 7.92. The Bertz CT molecular complexity index is 739. The molecule has 0 aliphatic carbocycles. The van der Waals surface area contributed by atoms with Gasteiger partial charge in [0.15, 0.2) is 0 Å². The molecule has 2 aromatic rings. The molecule has 1 heterocycles. The molecule has 106 valence electrons. The maximum atomic E-state index is 11.9. The standard InChI is InChI=1S/C12H11ClN2O4S/c1-20(17,18)15-9-4-2-3-8(7-9)14-12(16)10-5-6-19-11(10)13/h2-7,15H,1H3,(H,14,16). The van der Waals surface area contributed by atoms with Crippen LogP contribution >= 0.6 is 11.6 Å².